The number of hydrogen-bond donors (Lipinski definition) is 1. The molecule has 1 aliphatic rings. The summed E-state index contributed by atoms with van der Waals surface area (Å²) in [6.07, 6.45) is 5.62. The molecule has 0 spiro atoms. The third-order valence-electron chi connectivity index (χ3n) is 3.66. The second-order valence-electron chi connectivity index (χ2n) is 5.14. The van der Waals surface area contributed by atoms with E-state index in [1.54, 1.807) is 6.20 Å². The van der Waals surface area contributed by atoms with Crippen molar-refractivity contribution in [1.82, 2.24) is 24.2 Å². The van der Waals surface area contributed by atoms with Gasteiger partial charge in [0.05, 0.1) is 0 Å². The molecule has 1 aliphatic heterocycles. The summed E-state index contributed by atoms with van der Waals surface area (Å²) >= 11 is 3.43. The summed E-state index contributed by atoms with van der Waals surface area (Å²) in [7, 11) is 2.18. The largest absolute Gasteiger partial charge is 0.366 e. The van der Waals surface area contributed by atoms with Gasteiger partial charge in [0.15, 0.2) is 11.5 Å². The number of halogens is 1. The molecule has 6 nitrogen and oxygen atoms in total. The van der Waals surface area contributed by atoms with Crippen LogP contribution in [0.1, 0.15) is 0 Å². The monoisotopic (exact) mass is 338 g/mol. The van der Waals surface area contributed by atoms with Crippen LogP contribution in [-0.4, -0.2) is 70.5 Å². The average molecular weight is 339 g/mol. The van der Waals surface area contributed by atoms with Crippen molar-refractivity contribution in [3.05, 3.63) is 23.2 Å². The maximum Gasteiger partial charge on any atom is 0.180 e. The Hall–Kier alpha value is -1.18. The summed E-state index contributed by atoms with van der Waals surface area (Å²) in [6, 6.07) is 0. The first-order chi connectivity index (χ1) is 9.72. The number of aromatic nitrogens is 3. The van der Waals surface area contributed by atoms with Crippen molar-refractivity contribution < 1.29 is 0 Å². The molecular formula is C13H19BrN6. The van der Waals surface area contributed by atoms with Gasteiger partial charge in [-0.1, -0.05) is 0 Å². The molecule has 3 rings (SSSR count). The molecule has 0 saturated carbocycles. The molecule has 0 amide bonds. The zero-order valence-electron chi connectivity index (χ0n) is 11.6. The van der Waals surface area contributed by atoms with E-state index >= 15 is 0 Å². The number of fused-ring (bicyclic) bond motifs is 1. The van der Waals surface area contributed by atoms with E-state index in [0.29, 0.717) is 0 Å². The molecule has 1 saturated heterocycles. The van der Waals surface area contributed by atoms with Crippen LogP contribution in [-0.2, 0) is 0 Å². The molecule has 0 atom stereocenters. The van der Waals surface area contributed by atoms with Crippen LogP contribution in [0.3, 0.4) is 0 Å². The maximum absolute atomic E-state index is 4.46. The molecule has 0 aromatic carbocycles. The second-order valence-corrected chi connectivity index (χ2v) is 5.95. The van der Waals surface area contributed by atoms with Gasteiger partial charge in [-0.3, -0.25) is 4.90 Å². The number of nitrogens with one attached hydrogen (secondary N) is 1. The Balaban J connectivity index is 1.58. The highest BCUT2D eigenvalue weighted by Crippen LogP contribution is 2.16. The predicted molar refractivity (Wildman–Crippen MR) is 83.1 cm³/mol. The van der Waals surface area contributed by atoms with Crippen molar-refractivity contribution >= 4 is 27.4 Å². The minimum Gasteiger partial charge on any atom is -0.366 e. The minimum absolute atomic E-state index is 0.810. The van der Waals surface area contributed by atoms with E-state index in [1.807, 2.05) is 16.8 Å². The van der Waals surface area contributed by atoms with Gasteiger partial charge in [0, 0.05) is 57.9 Å². The van der Waals surface area contributed by atoms with Gasteiger partial charge in [0.1, 0.15) is 4.60 Å². The maximum atomic E-state index is 4.46. The van der Waals surface area contributed by atoms with Gasteiger partial charge in [-0.2, -0.15) is 0 Å². The van der Waals surface area contributed by atoms with E-state index < -0.39 is 0 Å². The predicted octanol–water partition coefficient (Wildman–Crippen LogP) is 1.15. The molecule has 1 N–H and O–H groups in total. The van der Waals surface area contributed by atoms with E-state index in [2.05, 4.69) is 48.1 Å². The van der Waals surface area contributed by atoms with Crippen LogP contribution in [0.5, 0.6) is 0 Å². The minimum atomic E-state index is 0.810. The van der Waals surface area contributed by atoms with Gasteiger partial charge < -0.3 is 14.6 Å². The second kappa shape index (κ2) is 6.07. The lowest BCUT2D eigenvalue weighted by Crippen LogP contribution is -2.45. The van der Waals surface area contributed by atoms with Crippen LogP contribution in [0.15, 0.2) is 23.2 Å². The van der Waals surface area contributed by atoms with Gasteiger partial charge in [-0.25, -0.2) is 9.97 Å². The standard InChI is InChI=1S/C13H19BrN6/c1-18-6-8-19(9-7-18)4-2-15-12-13-16-3-5-20(13)10-11(14)17-12/h3,5,10H,2,4,6-9H2,1H3,(H,15,17). The van der Waals surface area contributed by atoms with Crippen LogP contribution in [0.25, 0.3) is 5.65 Å². The quantitative estimate of drug-likeness (QED) is 0.906. The Bertz CT molecular complexity index is 575. The van der Waals surface area contributed by atoms with E-state index in [9.17, 15) is 0 Å². The Morgan fingerprint density at radius 1 is 1.30 bits per heavy atom. The normalized spacial score (nSPS) is 17.7. The van der Waals surface area contributed by atoms with Crippen LogP contribution in [0.4, 0.5) is 5.82 Å². The topological polar surface area (TPSA) is 48.7 Å². The molecule has 2 aromatic rings. The van der Waals surface area contributed by atoms with Gasteiger partial charge >= 0.3 is 0 Å². The van der Waals surface area contributed by atoms with Crippen LogP contribution >= 0.6 is 15.9 Å². The van der Waals surface area contributed by atoms with Crippen molar-refractivity contribution in [2.24, 2.45) is 0 Å². The smallest absolute Gasteiger partial charge is 0.180 e. The van der Waals surface area contributed by atoms with Crippen molar-refractivity contribution in [3.63, 3.8) is 0 Å². The Morgan fingerprint density at radius 3 is 2.90 bits per heavy atom. The van der Waals surface area contributed by atoms with Crippen molar-refractivity contribution in [1.29, 1.82) is 0 Å². The third kappa shape index (κ3) is 3.11. The van der Waals surface area contributed by atoms with Gasteiger partial charge in [0.25, 0.3) is 0 Å². The summed E-state index contributed by atoms with van der Waals surface area (Å²) in [5.41, 5.74) is 0.867. The molecule has 0 unspecified atom stereocenters. The van der Waals surface area contributed by atoms with Crippen LogP contribution in [0, 0.1) is 0 Å². The van der Waals surface area contributed by atoms with Crippen LogP contribution in [0.2, 0.25) is 0 Å². The molecule has 20 heavy (non-hydrogen) atoms. The molecule has 0 aliphatic carbocycles. The van der Waals surface area contributed by atoms with Gasteiger partial charge in [0.2, 0.25) is 0 Å². The summed E-state index contributed by atoms with van der Waals surface area (Å²) in [5, 5.41) is 3.39. The average Bonchev–Trinajstić information content (AvgIpc) is 2.89. The molecule has 0 radical (unpaired) electrons. The number of piperazine rings is 1. The number of hydrogen-bond acceptors (Lipinski definition) is 5. The van der Waals surface area contributed by atoms with E-state index in [4.69, 9.17) is 0 Å². The lowest BCUT2D eigenvalue weighted by atomic mass is 10.3. The first kappa shape index (κ1) is 13.8. The fourth-order valence-corrected chi connectivity index (χ4v) is 2.82. The Labute approximate surface area is 126 Å². The zero-order valence-corrected chi connectivity index (χ0v) is 13.2. The fraction of sp³-hybridized carbons (Fsp3) is 0.538. The van der Waals surface area contributed by atoms with Crippen molar-refractivity contribution in [2.45, 2.75) is 0 Å². The highest BCUT2D eigenvalue weighted by molar-refractivity contribution is 9.10. The van der Waals surface area contributed by atoms with E-state index in [-0.39, 0.29) is 0 Å². The van der Waals surface area contributed by atoms with Crippen molar-refractivity contribution in [3.8, 4) is 0 Å². The fourth-order valence-electron chi connectivity index (χ4n) is 2.42. The van der Waals surface area contributed by atoms with Gasteiger partial charge in [-0.05, 0) is 23.0 Å². The van der Waals surface area contributed by atoms with E-state index in [0.717, 1.165) is 55.3 Å². The number of nitrogens with zero attached hydrogens (tertiary/aromatic N) is 5. The Kier molecular flexibility index (Phi) is 4.18. The molecule has 1 fully saturated rings. The zero-order chi connectivity index (χ0) is 13.9. The molecule has 2 aromatic heterocycles. The van der Waals surface area contributed by atoms with E-state index in [1.165, 1.54) is 0 Å². The summed E-state index contributed by atoms with van der Waals surface area (Å²) in [6.45, 7) is 6.51. The first-order valence-electron chi connectivity index (χ1n) is 6.86. The molecule has 108 valence electrons. The summed E-state index contributed by atoms with van der Waals surface area (Å²) in [4.78, 5) is 13.6. The van der Waals surface area contributed by atoms with Crippen molar-refractivity contribution in [2.75, 3.05) is 51.6 Å². The van der Waals surface area contributed by atoms with Gasteiger partial charge in [-0.15, -0.1) is 0 Å². The van der Waals surface area contributed by atoms with Crippen LogP contribution < -0.4 is 5.32 Å². The molecule has 0 bridgehead atoms. The summed E-state index contributed by atoms with van der Waals surface area (Å²) < 4.78 is 2.78. The highest BCUT2D eigenvalue weighted by atomic mass is 79.9. The molecule has 3 heterocycles. The number of likely N-dealkylation sites (N-methyl/N-ethyl adjacent to an activating group) is 1. The third-order valence-corrected chi connectivity index (χ3v) is 4.04. The molecular weight excluding hydrogens is 320 g/mol. The number of imidazole rings is 1. The number of anilines is 1. The lowest BCUT2D eigenvalue weighted by molar-refractivity contribution is 0.158. The SMILES string of the molecule is CN1CCN(CCNc2nc(Br)cn3ccnc23)CC1. The number of rotatable bonds is 4. The summed E-state index contributed by atoms with van der Waals surface area (Å²) in [5.74, 6) is 0.832. The lowest BCUT2D eigenvalue weighted by Gasteiger charge is -2.32. The molecule has 7 heteroatoms. The Morgan fingerprint density at radius 2 is 2.10 bits per heavy atom. The highest BCUT2D eigenvalue weighted by Gasteiger charge is 2.13. The first-order valence-corrected chi connectivity index (χ1v) is 7.65.